The van der Waals surface area contributed by atoms with Crippen molar-refractivity contribution >= 4 is 18.0 Å². The van der Waals surface area contributed by atoms with E-state index in [1.165, 1.54) is 0 Å². The number of carboxylic acid groups (broad SMARTS) is 2. The van der Waals surface area contributed by atoms with Gasteiger partial charge in [0, 0.05) is 6.08 Å². The van der Waals surface area contributed by atoms with Gasteiger partial charge in [0.05, 0.1) is 5.56 Å². The fourth-order valence-electron chi connectivity index (χ4n) is 1.05. The molecule has 0 aromatic heterocycles. The fourth-order valence-corrected chi connectivity index (χ4v) is 1.05. The van der Waals surface area contributed by atoms with Gasteiger partial charge in [-0.3, -0.25) is 0 Å². The summed E-state index contributed by atoms with van der Waals surface area (Å²) in [5.74, 6) is -5.33. The summed E-state index contributed by atoms with van der Waals surface area (Å²) in [6.45, 7) is 0. The zero-order chi connectivity index (χ0) is 12.3. The molecule has 4 nitrogen and oxygen atoms in total. The van der Waals surface area contributed by atoms with Crippen molar-refractivity contribution in [1.29, 1.82) is 0 Å². The number of benzene rings is 1. The third-order valence-electron chi connectivity index (χ3n) is 1.73. The highest BCUT2D eigenvalue weighted by Gasteiger charge is 2.13. The molecule has 1 aromatic carbocycles. The van der Waals surface area contributed by atoms with E-state index in [0.29, 0.717) is 18.2 Å². The fraction of sp³-hybridized carbons (Fsp3) is 0. The van der Waals surface area contributed by atoms with E-state index in [4.69, 9.17) is 10.2 Å². The van der Waals surface area contributed by atoms with Gasteiger partial charge in [0.15, 0.2) is 11.6 Å². The van der Waals surface area contributed by atoms with Crippen LogP contribution in [0.15, 0.2) is 18.2 Å². The van der Waals surface area contributed by atoms with E-state index in [1.807, 2.05) is 0 Å². The summed E-state index contributed by atoms with van der Waals surface area (Å²) >= 11 is 0. The molecule has 84 valence electrons. The molecule has 0 radical (unpaired) electrons. The zero-order valence-corrected chi connectivity index (χ0v) is 7.78. The first-order valence-corrected chi connectivity index (χ1v) is 4.05. The summed E-state index contributed by atoms with van der Waals surface area (Å²) in [5.41, 5.74) is -0.717. The highest BCUT2D eigenvalue weighted by atomic mass is 19.2. The minimum atomic E-state index is -1.47. The molecular weight excluding hydrogens is 222 g/mol. The average Bonchev–Trinajstić information content (AvgIpc) is 2.18. The Morgan fingerprint density at radius 2 is 1.69 bits per heavy atom. The second-order valence-corrected chi connectivity index (χ2v) is 2.83. The van der Waals surface area contributed by atoms with Crippen LogP contribution in [0.5, 0.6) is 0 Å². The quantitative estimate of drug-likeness (QED) is 0.773. The maximum atomic E-state index is 12.8. The summed E-state index contributed by atoms with van der Waals surface area (Å²) in [6.07, 6.45) is 1.52. The van der Waals surface area contributed by atoms with E-state index >= 15 is 0 Å². The standard InChI is InChI=1S/C10H6F2O4/c11-7-3-5(1-2-9(13)14)6(10(15)16)4-8(7)12/h1-4H,(H,13,14)(H,15,16). The molecule has 0 aliphatic carbocycles. The van der Waals surface area contributed by atoms with Gasteiger partial charge in [-0.15, -0.1) is 0 Å². The summed E-state index contributed by atoms with van der Waals surface area (Å²) < 4.78 is 25.5. The largest absolute Gasteiger partial charge is 0.478 e. The number of carboxylic acids is 2. The van der Waals surface area contributed by atoms with Gasteiger partial charge < -0.3 is 10.2 Å². The van der Waals surface area contributed by atoms with E-state index < -0.39 is 29.1 Å². The molecule has 0 amide bonds. The molecule has 1 aromatic rings. The Labute approximate surface area is 88.4 Å². The van der Waals surface area contributed by atoms with Crippen molar-refractivity contribution in [2.24, 2.45) is 0 Å². The summed E-state index contributed by atoms with van der Waals surface area (Å²) in [6, 6.07) is 1.12. The monoisotopic (exact) mass is 228 g/mol. The average molecular weight is 228 g/mol. The third kappa shape index (κ3) is 2.63. The van der Waals surface area contributed by atoms with Crippen LogP contribution < -0.4 is 0 Å². The van der Waals surface area contributed by atoms with Gasteiger partial charge >= 0.3 is 11.9 Å². The lowest BCUT2D eigenvalue weighted by Gasteiger charge is -2.02. The van der Waals surface area contributed by atoms with E-state index in [0.717, 1.165) is 6.08 Å². The van der Waals surface area contributed by atoms with Crippen molar-refractivity contribution in [3.05, 3.63) is 41.0 Å². The molecule has 0 bridgehead atoms. The highest BCUT2D eigenvalue weighted by Crippen LogP contribution is 2.16. The second-order valence-electron chi connectivity index (χ2n) is 2.83. The van der Waals surface area contributed by atoms with Gasteiger partial charge in [-0.05, 0) is 23.8 Å². The Kier molecular flexibility index (Phi) is 3.34. The van der Waals surface area contributed by atoms with Crippen LogP contribution in [-0.4, -0.2) is 22.2 Å². The summed E-state index contributed by atoms with van der Waals surface area (Å²) in [7, 11) is 0. The molecule has 0 heterocycles. The van der Waals surface area contributed by atoms with Crippen molar-refractivity contribution in [3.8, 4) is 0 Å². The molecule has 0 spiro atoms. The van der Waals surface area contributed by atoms with Gasteiger partial charge in [-0.25, -0.2) is 18.4 Å². The van der Waals surface area contributed by atoms with Crippen LogP contribution in [0.4, 0.5) is 8.78 Å². The SMILES string of the molecule is O=C(O)C=Cc1cc(F)c(F)cc1C(=O)O. The lowest BCUT2D eigenvalue weighted by molar-refractivity contribution is -0.131. The molecule has 0 saturated carbocycles. The van der Waals surface area contributed by atoms with Gasteiger partial charge in [-0.2, -0.15) is 0 Å². The summed E-state index contributed by atoms with van der Waals surface area (Å²) in [5, 5.41) is 17.0. The Morgan fingerprint density at radius 3 is 2.19 bits per heavy atom. The Bertz CT molecular complexity index is 480. The first-order valence-electron chi connectivity index (χ1n) is 4.05. The van der Waals surface area contributed by atoms with E-state index in [1.54, 1.807) is 0 Å². The van der Waals surface area contributed by atoms with Crippen molar-refractivity contribution in [2.45, 2.75) is 0 Å². The molecule has 0 saturated heterocycles. The number of aromatic carboxylic acids is 1. The Hall–Kier alpha value is -2.24. The van der Waals surface area contributed by atoms with Crippen LogP contribution in [0.2, 0.25) is 0 Å². The van der Waals surface area contributed by atoms with E-state index in [-0.39, 0.29) is 5.56 Å². The number of carbonyl (C=O) groups is 2. The number of hydrogen-bond donors (Lipinski definition) is 2. The van der Waals surface area contributed by atoms with Gasteiger partial charge in [-0.1, -0.05) is 0 Å². The van der Waals surface area contributed by atoms with Crippen LogP contribution in [0.25, 0.3) is 6.08 Å². The predicted octanol–water partition coefficient (Wildman–Crippen LogP) is 1.76. The zero-order valence-electron chi connectivity index (χ0n) is 7.78. The highest BCUT2D eigenvalue weighted by molar-refractivity contribution is 5.94. The number of hydrogen-bond acceptors (Lipinski definition) is 2. The minimum absolute atomic E-state index is 0.214. The van der Waals surface area contributed by atoms with Crippen molar-refractivity contribution in [1.82, 2.24) is 0 Å². The van der Waals surface area contributed by atoms with E-state index in [9.17, 15) is 18.4 Å². The number of halogens is 2. The first kappa shape index (κ1) is 11.8. The Balaban J connectivity index is 3.30. The van der Waals surface area contributed by atoms with Crippen molar-refractivity contribution < 1.29 is 28.6 Å². The molecule has 1 rings (SSSR count). The molecule has 16 heavy (non-hydrogen) atoms. The molecule has 0 unspecified atom stereocenters. The van der Waals surface area contributed by atoms with Crippen LogP contribution >= 0.6 is 0 Å². The van der Waals surface area contributed by atoms with Crippen molar-refractivity contribution in [2.75, 3.05) is 0 Å². The Morgan fingerprint density at radius 1 is 1.12 bits per heavy atom. The molecule has 2 N–H and O–H groups in total. The summed E-state index contributed by atoms with van der Waals surface area (Å²) in [4.78, 5) is 20.9. The number of rotatable bonds is 3. The maximum Gasteiger partial charge on any atom is 0.336 e. The molecule has 0 aliphatic heterocycles. The van der Waals surface area contributed by atoms with Gasteiger partial charge in [0.25, 0.3) is 0 Å². The third-order valence-corrected chi connectivity index (χ3v) is 1.73. The lowest BCUT2D eigenvalue weighted by atomic mass is 10.1. The molecule has 0 fully saturated rings. The van der Waals surface area contributed by atoms with Gasteiger partial charge in [0.2, 0.25) is 0 Å². The molecule has 0 aliphatic rings. The number of aliphatic carboxylic acids is 1. The lowest BCUT2D eigenvalue weighted by Crippen LogP contribution is -2.02. The molecular formula is C10H6F2O4. The first-order chi connectivity index (χ1) is 7.41. The normalized spacial score (nSPS) is 10.6. The maximum absolute atomic E-state index is 12.8. The van der Waals surface area contributed by atoms with E-state index in [2.05, 4.69) is 0 Å². The second kappa shape index (κ2) is 4.52. The van der Waals surface area contributed by atoms with Crippen LogP contribution in [-0.2, 0) is 4.79 Å². The smallest absolute Gasteiger partial charge is 0.336 e. The van der Waals surface area contributed by atoms with Crippen LogP contribution in [0.1, 0.15) is 15.9 Å². The molecule has 0 atom stereocenters. The van der Waals surface area contributed by atoms with Crippen LogP contribution in [0.3, 0.4) is 0 Å². The van der Waals surface area contributed by atoms with Gasteiger partial charge in [0.1, 0.15) is 0 Å². The predicted molar refractivity (Wildman–Crippen MR) is 50.0 cm³/mol. The van der Waals surface area contributed by atoms with Crippen molar-refractivity contribution in [3.63, 3.8) is 0 Å². The molecule has 6 heteroatoms. The topological polar surface area (TPSA) is 74.6 Å². The van der Waals surface area contributed by atoms with Crippen LogP contribution in [0, 0.1) is 11.6 Å². The minimum Gasteiger partial charge on any atom is -0.478 e.